The van der Waals surface area contributed by atoms with Crippen LogP contribution in [0.4, 0.5) is 33.1 Å². The lowest BCUT2D eigenvalue weighted by molar-refractivity contribution is 0.0427. The zero-order valence-electron chi connectivity index (χ0n) is 26.1. The van der Waals surface area contributed by atoms with Crippen LogP contribution in [-0.4, -0.2) is 55.9 Å². The summed E-state index contributed by atoms with van der Waals surface area (Å²) in [6, 6.07) is 9.59. The molecule has 2 aromatic heterocycles. The summed E-state index contributed by atoms with van der Waals surface area (Å²) in [5, 5.41) is 14.4. The van der Waals surface area contributed by atoms with Gasteiger partial charge in [-0.2, -0.15) is 4.98 Å². The zero-order valence-corrected chi connectivity index (χ0v) is 26.1. The van der Waals surface area contributed by atoms with E-state index in [4.69, 9.17) is 14.2 Å². The van der Waals surface area contributed by atoms with Crippen molar-refractivity contribution in [2.45, 2.75) is 71.4 Å². The highest BCUT2D eigenvalue weighted by Crippen LogP contribution is 2.33. The number of aliphatic hydroxyl groups is 1. The number of carbonyl (C=O) groups excluding carboxylic acids is 2. The van der Waals surface area contributed by atoms with Crippen LogP contribution in [0.15, 0.2) is 54.7 Å². The van der Waals surface area contributed by atoms with Crippen LogP contribution in [0.3, 0.4) is 0 Å². The molecule has 0 bridgehead atoms. The molecule has 0 spiro atoms. The minimum Gasteiger partial charge on any atom is -0.487 e. The maximum atomic E-state index is 15.5. The third kappa shape index (κ3) is 8.30. The van der Waals surface area contributed by atoms with Crippen LogP contribution in [0.25, 0.3) is 16.8 Å². The fraction of sp³-hybridized carbons (Fsp3) is 0.375. The molecule has 0 saturated carbocycles. The van der Waals surface area contributed by atoms with E-state index in [-0.39, 0.29) is 28.3 Å². The van der Waals surface area contributed by atoms with Crippen LogP contribution in [-0.2, 0) is 9.47 Å². The van der Waals surface area contributed by atoms with E-state index in [9.17, 15) is 27.9 Å². The second kappa shape index (κ2) is 13.3. The predicted molar refractivity (Wildman–Crippen MR) is 160 cm³/mol. The van der Waals surface area contributed by atoms with E-state index in [1.54, 1.807) is 41.5 Å². The predicted octanol–water partition coefficient (Wildman–Crippen LogP) is 7.33. The molecular formula is C32H34F4N4O6. The first-order valence-corrected chi connectivity index (χ1v) is 14.2. The van der Waals surface area contributed by atoms with Crippen molar-refractivity contribution in [3.8, 4) is 16.9 Å². The first-order chi connectivity index (χ1) is 21.4. The van der Waals surface area contributed by atoms with Crippen molar-refractivity contribution in [1.82, 2.24) is 14.6 Å². The normalized spacial score (nSPS) is 13.3. The summed E-state index contributed by atoms with van der Waals surface area (Å²) in [7, 11) is 0. The minimum absolute atomic E-state index is 0.0888. The lowest BCUT2D eigenvalue weighted by Gasteiger charge is -2.26. The Kier molecular flexibility index (Phi) is 9.90. The lowest BCUT2D eigenvalue weighted by Crippen LogP contribution is -2.44. The molecule has 0 radical (unpaired) electrons. The third-order valence-electron chi connectivity index (χ3n) is 6.23. The number of fused-ring (bicyclic) bond motifs is 1. The molecule has 246 valence electrons. The summed E-state index contributed by atoms with van der Waals surface area (Å²) >= 11 is 0. The second-order valence-corrected chi connectivity index (χ2v) is 12.3. The van der Waals surface area contributed by atoms with Gasteiger partial charge in [-0.25, -0.2) is 31.7 Å². The highest BCUT2D eigenvalue weighted by atomic mass is 19.1. The number of carbonyl (C=O) groups is 2. The SMILES string of the molecule is CC(C)(C)OC(=O)N(C(=O)OC(C)(C)C)c1nc2cc(-c3ccc(F)c(OCCC(F)C(O)c4ccc(F)cc4)c3F)ccn2n1. The molecule has 46 heavy (non-hydrogen) atoms. The summed E-state index contributed by atoms with van der Waals surface area (Å²) in [4.78, 5) is 30.7. The van der Waals surface area contributed by atoms with Gasteiger partial charge in [0.25, 0.3) is 5.95 Å². The zero-order chi connectivity index (χ0) is 34.0. The molecule has 10 nitrogen and oxygen atoms in total. The van der Waals surface area contributed by atoms with Crippen molar-refractivity contribution in [2.75, 3.05) is 11.5 Å². The molecule has 2 aromatic carbocycles. The molecule has 1 N–H and O–H groups in total. The summed E-state index contributed by atoms with van der Waals surface area (Å²) in [5.41, 5.74) is -1.58. The van der Waals surface area contributed by atoms with Gasteiger partial charge in [-0.3, -0.25) is 0 Å². The molecule has 0 fully saturated rings. The Morgan fingerprint density at radius 1 is 0.935 bits per heavy atom. The number of benzene rings is 2. The number of hydrogen-bond acceptors (Lipinski definition) is 8. The molecule has 0 aliphatic heterocycles. The number of hydrogen-bond donors (Lipinski definition) is 1. The Labute approximate surface area is 262 Å². The molecule has 0 saturated heterocycles. The van der Waals surface area contributed by atoms with Crippen LogP contribution >= 0.6 is 0 Å². The Morgan fingerprint density at radius 3 is 2.13 bits per heavy atom. The van der Waals surface area contributed by atoms with E-state index in [0.29, 0.717) is 4.90 Å². The summed E-state index contributed by atoms with van der Waals surface area (Å²) in [5.74, 6) is -3.79. The van der Waals surface area contributed by atoms with Crippen molar-refractivity contribution in [1.29, 1.82) is 0 Å². The maximum absolute atomic E-state index is 15.5. The van der Waals surface area contributed by atoms with Gasteiger partial charge in [0.05, 0.1) is 6.61 Å². The van der Waals surface area contributed by atoms with Crippen molar-refractivity contribution in [3.63, 3.8) is 0 Å². The van der Waals surface area contributed by atoms with Gasteiger partial charge < -0.3 is 19.3 Å². The van der Waals surface area contributed by atoms with Crippen molar-refractivity contribution >= 4 is 23.8 Å². The van der Waals surface area contributed by atoms with Crippen LogP contribution in [0, 0.1) is 17.5 Å². The number of nitrogens with zero attached hydrogens (tertiary/aromatic N) is 4. The van der Waals surface area contributed by atoms with Crippen molar-refractivity contribution in [2.24, 2.45) is 0 Å². The molecular weight excluding hydrogens is 612 g/mol. The topological polar surface area (TPSA) is 115 Å². The van der Waals surface area contributed by atoms with Gasteiger partial charge in [-0.1, -0.05) is 12.1 Å². The maximum Gasteiger partial charge on any atom is 0.427 e. The number of pyridine rings is 1. The number of imide groups is 1. The average Bonchev–Trinajstić information content (AvgIpc) is 3.35. The third-order valence-corrected chi connectivity index (χ3v) is 6.23. The number of anilines is 1. The lowest BCUT2D eigenvalue weighted by atomic mass is 10.0. The smallest absolute Gasteiger partial charge is 0.427 e. The second-order valence-electron chi connectivity index (χ2n) is 12.3. The van der Waals surface area contributed by atoms with Gasteiger partial charge in [-0.15, -0.1) is 10.00 Å². The highest BCUT2D eigenvalue weighted by Gasteiger charge is 2.35. The Hall–Kier alpha value is -4.72. The fourth-order valence-electron chi connectivity index (χ4n) is 4.17. The number of ether oxygens (including phenoxy) is 3. The molecule has 2 heterocycles. The quantitative estimate of drug-likeness (QED) is 0.198. The van der Waals surface area contributed by atoms with Gasteiger partial charge in [0.15, 0.2) is 23.0 Å². The molecule has 2 amide bonds. The first-order valence-electron chi connectivity index (χ1n) is 14.2. The van der Waals surface area contributed by atoms with E-state index in [1.807, 2.05) is 0 Å². The number of rotatable bonds is 8. The minimum atomic E-state index is -1.86. The number of aliphatic hydroxyl groups excluding tert-OH is 1. The Balaban J connectivity index is 1.57. The van der Waals surface area contributed by atoms with E-state index in [2.05, 4.69) is 10.1 Å². The van der Waals surface area contributed by atoms with Crippen LogP contribution in [0.1, 0.15) is 59.6 Å². The number of amides is 2. The van der Waals surface area contributed by atoms with Gasteiger partial charge in [-0.05, 0) is 89.1 Å². The molecule has 4 aromatic rings. The van der Waals surface area contributed by atoms with Gasteiger partial charge in [0, 0.05) is 18.2 Å². The highest BCUT2D eigenvalue weighted by molar-refractivity contribution is 6.08. The number of aromatic nitrogens is 3. The van der Waals surface area contributed by atoms with Crippen molar-refractivity contribution < 1.29 is 46.5 Å². The molecule has 0 aliphatic rings. The van der Waals surface area contributed by atoms with Crippen LogP contribution < -0.4 is 9.64 Å². The molecule has 2 atom stereocenters. The summed E-state index contributed by atoms with van der Waals surface area (Å²) in [6.07, 6.45) is -4.63. The molecule has 4 rings (SSSR count). The van der Waals surface area contributed by atoms with Gasteiger partial charge in [0.1, 0.15) is 29.3 Å². The standard InChI is InChI=1S/C32H34F4N4O6/c1-31(2,3)45-29(42)40(30(43)46-32(4,5)6)28-37-24-17-19(13-15-39(24)38-28)21-11-12-23(35)27(25(21)36)44-16-14-22(34)26(41)18-7-9-20(33)10-8-18/h7-13,15,17,22,26,41H,14,16H2,1-6H3. The van der Waals surface area contributed by atoms with E-state index in [1.165, 1.54) is 41.0 Å². The van der Waals surface area contributed by atoms with E-state index < -0.39 is 71.9 Å². The van der Waals surface area contributed by atoms with E-state index >= 15 is 4.39 Å². The fourth-order valence-corrected chi connectivity index (χ4v) is 4.17. The molecule has 2 unspecified atom stereocenters. The molecule has 14 heteroatoms. The number of halogens is 4. The summed E-state index contributed by atoms with van der Waals surface area (Å²) < 4.78 is 75.1. The van der Waals surface area contributed by atoms with Gasteiger partial charge in [0.2, 0.25) is 0 Å². The first kappa shape index (κ1) is 34.2. The Morgan fingerprint density at radius 2 is 1.54 bits per heavy atom. The van der Waals surface area contributed by atoms with E-state index in [0.717, 1.165) is 18.2 Å². The van der Waals surface area contributed by atoms with Gasteiger partial charge >= 0.3 is 12.2 Å². The molecule has 0 aliphatic carbocycles. The number of alkyl halides is 1. The van der Waals surface area contributed by atoms with Crippen LogP contribution in [0.2, 0.25) is 0 Å². The van der Waals surface area contributed by atoms with Crippen molar-refractivity contribution in [3.05, 3.63) is 77.7 Å². The average molecular weight is 647 g/mol. The largest absolute Gasteiger partial charge is 0.487 e. The Bertz CT molecular complexity index is 1690. The summed E-state index contributed by atoms with van der Waals surface area (Å²) in [6.45, 7) is 9.21. The monoisotopic (exact) mass is 646 g/mol. The van der Waals surface area contributed by atoms with Crippen LogP contribution in [0.5, 0.6) is 5.75 Å².